The summed E-state index contributed by atoms with van der Waals surface area (Å²) in [6.45, 7) is 0.258. The molecule has 150 valence electrons. The Morgan fingerprint density at radius 1 is 1.07 bits per heavy atom. The molecule has 7 heteroatoms. The molecule has 0 aliphatic carbocycles. The number of halogens is 2. The van der Waals surface area contributed by atoms with Crippen LogP contribution >= 0.6 is 35.6 Å². The van der Waals surface area contributed by atoms with Gasteiger partial charge in [0.25, 0.3) is 5.91 Å². The fourth-order valence-corrected chi connectivity index (χ4v) is 4.38. The van der Waals surface area contributed by atoms with Crippen molar-refractivity contribution in [2.75, 3.05) is 4.90 Å². The van der Waals surface area contributed by atoms with Crippen molar-refractivity contribution in [1.29, 1.82) is 0 Å². The smallest absolute Gasteiger partial charge is 0.270 e. The van der Waals surface area contributed by atoms with Crippen molar-refractivity contribution in [3.8, 4) is 5.75 Å². The summed E-state index contributed by atoms with van der Waals surface area (Å²) in [5.41, 5.74) is 2.22. The van der Waals surface area contributed by atoms with Crippen molar-refractivity contribution in [3.05, 3.63) is 99.7 Å². The Balaban J connectivity index is 1.60. The van der Waals surface area contributed by atoms with Gasteiger partial charge in [0.15, 0.2) is 4.32 Å². The van der Waals surface area contributed by atoms with E-state index < -0.39 is 0 Å². The van der Waals surface area contributed by atoms with Gasteiger partial charge in [-0.15, -0.1) is 0 Å². The van der Waals surface area contributed by atoms with Crippen LogP contribution in [0.1, 0.15) is 11.1 Å². The summed E-state index contributed by atoms with van der Waals surface area (Å²) >= 11 is 12.8. The number of ether oxygens (including phenoxy) is 1. The summed E-state index contributed by atoms with van der Waals surface area (Å²) in [4.78, 5) is 15.0. The van der Waals surface area contributed by atoms with E-state index in [-0.39, 0.29) is 18.3 Å². The maximum atomic E-state index is 13.1. The molecule has 0 N–H and O–H groups in total. The molecule has 0 aromatic heterocycles. The van der Waals surface area contributed by atoms with Gasteiger partial charge < -0.3 is 4.74 Å². The van der Waals surface area contributed by atoms with E-state index in [1.165, 1.54) is 28.8 Å². The SMILES string of the molecule is O=C1C(=Cc2cc(Cl)ccc2OCc2ccc(F)cc2)SC(=S)N1c1ccccc1. The van der Waals surface area contributed by atoms with Gasteiger partial charge in [0.05, 0.1) is 10.6 Å². The number of amides is 1. The first kappa shape index (κ1) is 20.6. The molecule has 0 radical (unpaired) electrons. The predicted octanol–water partition coefficient (Wildman–Crippen LogP) is 6.46. The summed E-state index contributed by atoms with van der Waals surface area (Å²) in [7, 11) is 0. The molecule has 30 heavy (non-hydrogen) atoms. The quantitative estimate of drug-likeness (QED) is 0.326. The van der Waals surface area contributed by atoms with Crippen molar-refractivity contribution < 1.29 is 13.9 Å². The predicted molar refractivity (Wildman–Crippen MR) is 124 cm³/mol. The largest absolute Gasteiger partial charge is 0.488 e. The first-order chi connectivity index (χ1) is 14.5. The molecule has 1 fully saturated rings. The molecule has 3 aromatic carbocycles. The van der Waals surface area contributed by atoms with Crippen LogP contribution in [0.15, 0.2) is 77.7 Å². The van der Waals surface area contributed by atoms with Crippen LogP contribution < -0.4 is 9.64 Å². The zero-order chi connectivity index (χ0) is 21.1. The minimum Gasteiger partial charge on any atom is -0.488 e. The Hall–Kier alpha value is -2.67. The van der Waals surface area contributed by atoms with E-state index in [0.717, 1.165) is 11.3 Å². The lowest BCUT2D eigenvalue weighted by molar-refractivity contribution is -0.113. The number of nitrogens with zero attached hydrogens (tertiary/aromatic N) is 1. The minimum absolute atomic E-state index is 0.194. The molecule has 1 amide bonds. The number of carbonyl (C=O) groups excluding carboxylic acids is 1. The topological polar surface area (TPSA) is 29.5 Å². The highest BCUT2D eigenvalue weighted by molar-refractivity contribution is 8.27. The fraction of sp³-hybridized carbons (Fsp3) is 0.0435. The zero-order valence-electron chi connectivity index (χ0n) is 15.5. The van der Waals surface area contributed by atoms with Crippen molar-refractivity contribution >= 4 is 57.6 Å². The van der Waals surface area contributed by atoms with Crippen LogP contribution in [0.2, 0.25) is 5.02 Å². The van der Waals surface area contributed by atoms with E-state index in [1.54, 1.807) is 36.4 Å². The van der Waals surface area contributed by atoms with Gasteiger partial charge in [0.2, 0.25) is 0 Å². The van der Waals surface area contributed by atoms with Gasteiger partial charge in [-0.2, -0.15) is 0 Å². The van der Waals surface area contributed by atoms with Crippen LogP contribution in [0.4, 0.5) is 10.1 Å². The Bertz CT molecular complexity index is 1130. The lowest BCUT2D eigenvalue weighted by Gasteiger charge is -2.14. The van der Waals surface area contributed by atoms with Gasteiger partial charge in [0, 0.05) is 10.6 Å². The Morgan fingerprint density at radius 2 is 1.80 bits per heavy atom. The Kier molecular flexibility index (Phi) is 6.18. The van der Waals surface area contributed by atoms with Crippen LogP contribution in [0.5, 0.6) is 5.75 Å². The molecule has 1 aliphatic heterocycles. The third-order valence-electron chi connectivity index (χ3n) is 4.37. The van der Waals surface area contributed by atoms with Crippen LogP contribution in [-0.2, 0) is 11.4 Å². The number of para-hydroxylation sites is 1. The number of hydrogen-bond acceptors (Lipinski definition) is 4. The average molecular weight is 456 g/mol. The first-order valence-corrected chi connectivity index (χ1v) is 10.6. The lowest BCUT2D eigenvalue weighted by Crippen LogP contribution is -2.27. The highest BCUT2D eigenvalue weighted by atomic mass is 35.5. The molecule has 0 spiro atoms. The Labute approximate surface area is 188 Å². The summed E-state index contributed by atoms with van der Waals surface area (Å²) in [5, 5.41) is 0.522. The van der Waals surface area contributed by atoms with Gasteiger partial charge in [-0.1, -0.05) is 65.9 Å². The van der Waals surface area contributed by atoms with E-state index in [9.17, 15) is 9.18 Å². The second kappa shape index (κ2) is 9.00. The molecular formula is C23H15ClFNO2S2. The number of thiocarbonyl (C=S) groups is 1. The van der Waals surface area contributed by atoms with Crippen LogP contribution in [-0.4, -0.2) is 10.2 Å². The van der Waals surface area contributed by atoms with Crippen molar-refractivity contribution in [3.63, 3.8) is 0 Å². The molecule has 0 saturated carbocycles. The molecule has 0 unspecified atom stereocenters. The molecule has 0 atom stereocenters. The molecule has 4 rings (SSSR count). The van der Waals surface area contributed by atoms with Crippen molar-refractivity contribution in [2.45, 2.75) is 6.61 Å². The van der Waals surface area contributed by atoms with Gasteiger partial charge in [-0.05, 0) is 54.1 Å². The van der Waals surface area contributed by atoms with Gasteiger partial charge >= 0.3 is 0 Å². The van der Waals surface area contributed by atoms with Gasteiger partial charge in [-0.25, -0.2) is 4.39 Å². The van der Waals surface area contributed by atoms with Gasteiger partial charge in [0.1, 0.15) is 18.2 Å². The van der Waals surface area contributed by atoms with Gasteiger partial charge in [-0.3, -0.25) is 9.69 Å². The fourth-order valence-electron chi connectivity index (χ4n) is 2.91. The molecule has 1 saturated heterocycles. The summed E-state index contributed by atoms with van der Waals surface area (Å²) < 4.78 is 19.5. The Morgan fingerprint density at radius 3 is 2.53 bits per heavy atom. The van der Waals surface area contributed by atoms with Crippen LogP contribution in [0, 0.1) is 5.82 Å². The monoisotopic (exact) mass is 455 g/mol. The maximum absolute atomic E-state index is 13.1. The highest BCUT2D eigenvalue weighted by Crippen LogP contribution is 2.37. The average Bonchev–Trinajstić information content (AvgIpc) is 3.02. The van der Waals surface area contributed by atoms with E-state index in [4.69, 9.17) is 28.6 Å². The molecule has 1 aliphatic rings. The second-order valence-corrected chi connectivity index (χ2v) is 8.56. The standard InChI is InChI=1S/C23H15ClFNO2S2/c24-17-8-11-20(28-14-15-6-9-18(25)10-7-15)16(12-17)13-21-22(27)26(23(29)30-21)19-4-2-1-3-5-19/h1-13H,14H2. The maximum Gasteiger partial charge on any atom is 0.270 e. The van der Waals surface area contributed by atoms with Crippen molar-refractivity contribution in [2.24, 2.45) is 0 Å². The zero-order valence-corrected chi connectivity index (χ0v) is 17.9. The van der Waals surface area contributed by atoms with E-state index >= 15 is 0 Å². The second-order valence-electron chi connectivity index (χ2n) is 6.45. The normalized spacial score (nSPS) is 15.1. The third kappa shape index (κ3) is 4.56. The molecule has 3 nitrogen and oxygen atoms in total. The number of thioether (sulfide) groups is 1. The minimum atomic E-state index is -0.300. The number of carbonyl (C=O) groups is 1. The molecule has 0 bridgehead atoms. The third-order valence-corrected chi connectivity index (χ3v) is 5.91. The van der Waals surface area contributed by atoms with Crippen LogP contribution in [0.3, 0.4) is 0 Å². The summed E-state index contributed by atoms with van der Waals surface area (Å²) in [5.74, 6) is 0.0701. The lowest BCUT2D eigenvalue weighted by atomic mass is 10.1. The molecule has 3 aromatic rings. The molecule has 1 heterocycles. The molecular weight excluding hydrogens is 441 g/mol. The van der Waals surface area contributed by atoms with E-state index in [1.807, 2.05) is 30.3 Å². The van der Waals surface area contributed by atoms with E-state index in [0.29, 0.717) is 25.6 Å². The van der Waals surface area contributed by atoms with E-state index in [2.05, 4.69) is 0 Å². The van der Waals surface area contributed by atoms with Crippen LogP contribution in [0.25, 0.3) is 6.08 Å². The first-order valence-electron chi connectivity index (χ1n) is 9.01. The summed E-state index contributed by atoms with van der Waals surface area (Å²) in [6, 6.07) is 20.6. The number of rotatable bonds is 5. The highest BCUT2D eigenvalue weighted by Gasteiger charge is 2.33. The number of benzene rings is 3. The summed E-state index contributed by atoms with van der Waals surface area (Å²) in [6.07, 6.45) is 1.73. The van der Waals surface area contributed by atoms with Crippen molar-refractivity contribution in [1.82, 2.24) is 0 Å². The number of anilines is 1. The number of hydrogen-bond donors (Lipinski definition) is 0.